The second-order valence-corrected chi connectivity index (χ2v) is 6.63. The third kappa shape index (κ3) is 4.51. The van der Waals surface area contributed by atoms with Crippen LogP contribution in [0.1, 0.15) is 11.3 Å². The van der Waals surface area contributed by atoms with Crippen molar-refractivity contribution >= 4 is 60.5 Å². The van der Waals surface area contributed by atoms with Crippen LogP contribution in [-0.4, -0.2) is 22.2 Å². The summed E-state index contributed by atoms with van der Waals surface area (Å²) in [4.78, 5) is 15.6. The smallest absolute Gasteiger partial charge is 0.246 e. The van der Waals surface area contributed by atoms with Crippen LogP contribution in [0, 0.1) is 0 Å². The Bertz CT molecular complexity index is 703. The number of rotatable bonds is 4. The Morgan fingerprint density at radius 3 is 2.95 bits per heavy atom. The largest absolute Gasteiger partial charge is 0.506 e. The average Bonchev–Trinajstić information content (AvgIpc) is 2.80. The monoisotopic (exact) mass is 432 g/mol. The van der Waals surface area contributed by atoms with Gasteiger partial charge in [0.15, 0.2) is 5.13 Å². The number of hydrazone groups is 1. The number of aromatic nitrogens is 1. The zero-order valence-electron chi connectivity index (χ0n) is 10.5. The normalized spacial score (nSPS) is 11.0. The third-order valence-corrected chi connectivity index (χ3v) is 4.15. The van der Waals surface area contributed by atoms with Gasteiger partial charge in [0, 0.05) is 15.4 Å². The van der Waals surface area contributed by atoms with Crippen molar-refractivity contribution in [2.75, 3.05) is 5.73 Å². The van der Waals surface area contributed by atoms with Crippen molar-refractivity contribution in [3.63, 3.8) is 0 Å². The summed E-state index contributed by atoms with van der Waals surface area (Å²) < 4.78 is 1.31. The summed E-state index contributed by atoms with van der Waals surface area (Å²) in [6.07, 6.45) is 1.46. The minimum absolute atomic E-state index is 0.0449. The van der Waals surface area contributed by atoms with Crippen LogP contribution >= 0.6 is 43.2 Å². The van der Waals surface area contributed by atoms with E-state index in [0.717, 1.165) is 4.47 Å². The van der Waals surface area contributed by atoms with Crippen LogP contribution in [0.5, 0.6) is 5.75 Å². The lowest BCUT2D eigenvalue weighted by Crippen LogP contribution is -2.19. The van der Waals surface area contributed by atoms with Crippen LogP contribution < -0.4 is 11.2 Å². The van der Waals surface area contributed by atoms with Gasteiger partial charge in [-0.05, 0) is 28.1 Å². The second kappa shape index (κ2) is 7.01. The van der Waals surface area contributed by atoms with Crippen molar-refractivity contribution in [3.05, 3.63) is 37.7 Å². The second-order valence-electron chi connectivity index (χ2n) is 3.97. The fraction of sp³-hybridized carbons (Fsp3) is 0.0833. The molecule has 0 bridgehead atoms. The Kier molecular flexibility index (Phi) is 5.32. The number of nitrogens with two attached hydrogens (primary N) is 1. The molecular formula is C12H10Br2N4O2S. The van der Waals surface area contributed by atoms with Crippen molar-refractivity contribution in [3.8, 4) is 5.75 Å². The van der Waals surface area contributed by atoms with Crippen molar-refractivity contribution in [1.82, 2.24) is 10.4 Å². The molecule has 0 aliphatic carbocycles. The van der Waals surface area contributed by atoms with E-state index in [0.29, 0.717) is 20.9 Å². The quantitative estimate of drug-likeness (QED) is 0.509. The van der Waals surface area contributed by atoms with Crippen LogP contribution in [0.3, 0.4) is 0 Å². The van der Waals surface area contributed by atoms with E-state index in [-0.39, 0.29) is 18.1 Å². The Balaban J connectivity index is 1.97. The number of amides is 1. The fourth-order valence-electron chi connectivity index (χ4n) is 1.47. The molecule has 0 aliphatic rings. The molecule has 1 aromatic carbocycles. The minimum Gasteiger partial charge on any atom is -0.506 e. The Hall–Kier alpha value is -1.45. The molecule has 0 atom stereocenters. The van der Waals surface area contributed by atoms with E-state index in [4.69, 9.17) is 5.73 Å². The third-order valence-electron chi connectivity index (χ3n) is 2.36. The molecule has 0 radical (unpaired) electrons. The average molecular weight is 434 g/mol. The molecule has 0 aliphatic heterocycles. The number of hydrogen-bond donors (Lipinski definition) is 3. The number of carbonyl (C=O) groups is 1. The van der Waals surface area contributed by atoms with Crippen LogP contribution in [-0.2, 0) is 11.2 Å². The number of anilines is 1. The lowest BCUT2D eigenvalue weighted by Gasteiger charge is -2.03. The molecule has 110 valence electrons. The van der Waals surface area contributed by atoms with Crippen molar-refractivity contribution in [1.29, 1.82) is 0 Å². The van der Waals surface area contributed by atoms with E-state index in [1.54, 1.807) is 17.5 Å². The van der Waals surface area contributed by atoms with Gasteiger partial charge in [0.1, 0.15) is 5.75 Å². The Labute approximate surface area is 141 Å². The molecule has 2 rings (SSSR count). The number of phenolic OH excluding ortho intramolecular Hbond substituents is 1. The van der Waals surface area contributed by atoms with Crippen LogP contribution in [0.2, 0.25) is 0 Å². The van der Waals surface area contributed by atoms with Gasteiger partial charge in [-0.2, -0.15) is 5.10 Å². The molecule has 0 saturated carbocycles. The zero-order valence-corrected chi connectivity index (χ0v) is 14.5. The molecule has 1 amide bonds. The first kappa shape index (κ1) is 15.9. The molecular weight excluding hydrogens is 424 g/mol. The maximum absolute atomic E-state index is 11.6. The highest BCUT2D eigenvalue weighted by atomic mass is 79.9. The summed E-state index contributed by atoms with van der Waals surface area (Å²) in [6.45, 7) is 0. The maximum atomic E-state index is 11.6. The number of nitrogen functional groups attached to an aromatic ring is 1. The van der Waals surface area contributed by atoms with E-state index >= 15 is 0 Å². The van der Waals surface area contributed by atoms with Crippen molar-refractivity contribution in [2.24, 2.45) is 5.10 Å². The molecule has 1 aromatic heterocycles. The highest BCUT2D eigenvalue weighted by Crippen LogP contribution is 2.30. The van der Waals surface area contributed by atoms with Gasteiger partial charge in [0.2, 0.25) is 5.91 Å². The molecule has 9 heteroatoms. The van der Waals surface area contributed by atoms with Crippen LogP contribution in [0.15, 0.2) is 31.6 Å². The van der Waals surface area contributed by atoms with Gasteiger partial charge < -0.3 is 10.8 Å². The lowest BCUT2D eigenvalue weighted by atomic mass is 10.2. The number of aromatic hydroxyl groups is 1. The molecule has 0 unspecified atom stereocenters. The summed E-state index contributed by atoms with van der Waals surface area (Å²) in [5.41, 5.74) is 8.92. The highest BCUT2D eigenvalue weighted by Gasteiger charge is 2.07. The maximum Gasteiger partial charge on any atom is 0.246 e. The van der Waals surface area contributed by atoms with E-state index in [9.17, 15) is 9.90 Å². The standard InChI is InChI=1S/C12H10Br2N4O2S/c13-7-1-6(11(20)9(14)2-7)4-16-18-10(19)3-8-5-21-12(15)17-8/h1-2,4-5,20H,3H2,(H2,15,17)(H,18,19)/b16-4+. The predicted octanol–water partition coefficient (Wildman–Crippen LogP) is 2.65. The summed E-state index contributed by atoms with van der Waals surface area (Å²) >= 11 is 7.80. The lowest BCUT2D eigenvalue weighted by molar-refractivity contribution is -0.120. The van der Waals surface area contributed by atoms with Gasteiger partial charge in [-0.15, -0.1) is 11.3 Å². The van der Waals surface area contributed by atoms with Crippen LogP contribution in [0.25, 0.3) is 0 Å². The first-order chi connectivity index (χ1) is 9.95. The topological polar surface area (TPSA) is 101 Å². The van der Waals surface area contributed by atoms with Gasteiger partial charge >= 0.3 is 0 Å². The number of carbonyl (C=O) groups excluding carboxylic acids is 1. The Morgan fingerprint density at radius 1 is 1.52 bits per heavy atom. The Morgan fingerprint density at radius 2 is 2.29 bits per heavy atom. The molecule has 0 fully saturated rings. The zero-order chi connectivity index (χ0) is 15.4. The van der Waals surface area contributed by atoms with Gasteiger partial charge in [-0.3, -0.25) is 4.79 Å². The minimum atomic E-state index is -0.315. The fourth-order valence-corrected chi connectivity index (χ4v) is 3.29. The first-order valence-electron chi connectivity index (χ1n) is 5.65. The van der Waals surface area contributed by atoms with Crippen molar-refractivity contribution < 1.29 is 9.90 Å². The predicted molar refractivity (Wildman–Crippen MR) is 89.5 cm³/mol. The van der Waals surface area contributed by atoms with Gasteiger partial charge in [-0.25, -0.2) is 10.4 Å². The van der Waals surface area contributed by atoms with Gasteiger partial charge in [0.05, 0.1) is 22.8 Å². The van der Waals surface area contributed by atoms with E-state index in [1.165, 1.54) is 17.6 Å². The number of nitrogens with one attached hydrogen (secondary N) is 1. The molecule has 4 N–H and O–H groups in total. The van der Waals surface area contributed by atoms with E-state index in [2.05, 4.69) is 47.4 Å². The van der Waals surface area contributed by atoms with Crippen LogP contribution in [0.4, 0.5) is 5.13 Å². The number of halogens is 2. The molecule has 2 aromatic rings. The SMILES string of the molecule is Nc1nc(CC(=O)N/N=C/c2cc(Br)cc(Br)c2O)cs1. The molecule has 0 saturated heterocycles. The summed E-state index contributed by atoms with van der Waals surface area (Å²) in [5.74, 6) is -0.270. The molecule has 6 nitrogen and oxygen atoms in total. The molecule has 1 heterocycles. The number of nitrogens with zero attached hydrogens (tertiary/aromatic N) is 2. The number of thiazole rings is 1. The summed E-state index contributed by atoms with van der Waals surface area (Å²) in [7, 11) is 0. The first-order valence-corrected chi connectivity index (χ1v) is 8.12. The number of hydrogen-bond acceptors (Lipinski definition) is 6. The highest BCUT2D eigenvalue weighted by molar-refractivity contribution is 9.11. The molecule has 21 heavy (non-hydrogen) atoms. The molecule has 0 spiro atoms. The number of benzene rings is 1. The summed E-state index contributed by atoms with van der Waals surface area (Å²) in [6, 6.07) is 3.38. The van der Waals surface area contributed by atoms with Crippen molar-refractivity contribution in [2.45, 2.75) is 6.42 Å². The van der Waals surface area contributed by atoms with E-state index < -0.39 is 0 Å². The summed E-state index contributed by atoms with van der Waals surface area (Å²) in [5, 5.41) is 15.8. The van der Waals surface area contributed by atoms with E-state index in [1.807, 2.05) is 0 Å². The van der Waals surface area contributed by atoms with Gasteiger partial charge in [0.25, 0.3) is 0 Å². The van der Waals surface area contributed by atoms with Gasteiger partial charge in [-0.1, -0.05) is 15.9 Å². The number of phenols is 1.